The van der Waals surface area contributed by atoms with E-state index in [1.165, 1.54) is 0 Å². The lowest BCUT2D eigenvalue weighted by molar-refractivity contribution is 0.296. The predicted molar refractivity (Wildman–Crippen MR) is 110 cm³/mol. The Morgan fingerprint density at radius 1 is 0.714 bits per heavy atom. The molecule has 0 bridgehead atoms. The van der Waals surface area contributed by atoms with E-state index in [9.17, 15) is 0 Å². The number of hydrogen-bond donors (Lipinski definition) is 0. The summed E-state index contributed by atoms with van der Waals surface area (Å²) in [5.74, 6) is 4.08. The number of methoxy groups -OCH3 is 3. The minimum absolute atomic E-state index is 0.768. The van der Waals surface area contributed by atoms with E-state index in [0.717, 1.165) is 57.5 Å². The van der Waals surface area contributed by atoms with Gasteiger partial charge in [-0.2, -0.15) is 0 Å². The molecule has 0 atom stereocenters. The van der Waals surface area contributed by atoms with Crippen LogP contribution in [0, 0.1) is 0 Å². The molecule has 0 unspecified atom stereocenters. The molecule has 0 N–H and O–H groups in total. The molecule has 1 aliphatic heterocycles. The summed E-state index contributed by atoms with van der Waals surface area (Å²) in [5.41, 5.74) is 4.22. The maximum absolute atomic E-state index is 6.39. The standard InChI is InChI=1S/C24H22O4/c1-25-19-9-4-16(5-10-19)22-14-18-8-13-21(27-3)15-23(18)28-24(22)17-6-11-20(26-2)12-7-17/h4-7,9-15H,8H2,1-3H3. The van der Waals surface area contributed by atoms with Crippen LogP contribution in [0.4, 0.5) is 0 Å². The molecular weight excluding hydrogens is 352 g/mol. The number of allylic oxidation sites excluding steroid dienone is 5. The van der Waals surface area contributed by atoms with Gasteiger partial charge in [-0.15, -0.1) is 0 Å². The third kappa shape index (κ3) is 3.41. The quantitative estimate of drug-likeness (QED) is 0.707. The van der Waals surface area contributed by atoms with Crippen molar-refractivity contribution in [2.75, 3.05) is 21.3 Å². The van der Waals surface area contributed by atoms with Gasteiger partial charge in [-0.3, -0.25) is 0 Å². The van der Waals surface area contributed by atoms with Crippen molar-refractivity contribution in [1.29, 1.82) is 0 Å². The molecule has 2 aliphatic rings. The van der Waals surface area contributed by atoms with Crippen molar-refractivity contribution in [3.63, 3.8) is 0 Å². The number of rotatable bonds is 5. The molecule has 2 aromatic carbocycles. The van der Waals surface area contributed by atoms with E-state index in [2.05, 4.69) is 12.2 Å². The van der Waals surface area contributed by atoms with Gasteiger partial charge in [0.15, 0.2) is 0 Å². The maximum atomic E-state index is 6.39. The van der Waals surface area contributed by atoms with E-state index >= 15 is 0 Å². The van der Waals surface area contributed by atoms with E-state index < -0.39 is 0 Å². The third-order valence-electron chi connectivity index (χ3n) is 4.88. The molecule has 1 aliphatic carbocycles. The summed E-state index contributed by atoms with van der Waals surface area (Å²) in [5, 5.41) is 0. The van der Waals surface area contributed by atoms with E-state index in [1.807, 2.05) is 54.6 Å². The van der Waals surface area contributed by atoms with Gasteiger partial charge in [-0.25, -0.2) is 0 Å². The second kappa shape index (κ2) is 7.69. The monoisotopic (exact) mass is 374 g/mol. The highest BCUT2D eigenvalue weighted by Gasteiger charge is 2.24. The first kappa shape index (κ1) is 18.0. The van der Waals surface area contributed by atoms with Gasteiger partial charge in [0.2, 0.25) is 0 Å². The Morgan fingerprint density at radius 3 is 1.89 bits per heavy atom. The summed E-state index contributed by atoms with van der Waals surface area (Å²) in [6.45, 7) is 0. The smallest absolute Gasteiger partial charge is 0.142 e. The number of hydrogen-bond acceptors (Lipinski definition) is 4. The molecule has 4 rings (SSSR count). The van der Waals surface area contributed by atoms with Crippen molar-refractivity contribution in [3.05, 3.63) is 95.0 Å². The summed E-state index contributed by atoms with van der Waals surface area (Å²) in [7, 11) is 5.00. The molecule has 1 heterocycles. The Morgan fingerprint density at radius 2 is 1.32 bits per heavy atom. The fourth-order valence-electron chi connectivity index (χ4n) is 3.31. The van der Waals surface area contributed by atoms with Crippen molar-refractivity contribution in [2.45, 2.75) is 6.42 Å². The molecule has 0 radical (unpaired) electrons. The highest BCUT2D eigenvalue weighted by molar-refractivity contribution is 5.95. The molecule has 0 aromatic heterocycles. The largest absolute Gasteiger partial charge is 0.497 e. The van der Waals surface area contributed by atoms with E-state index in [-0.39, 0.29) is 0 Å². The van der Waals surface area contributed by atoms with Gasteiger partial charge >= 0.3 is 0 Å². The molecule has 0 amide bonds. The van der Waals surface area contributed by atoms with Gasteiger partial charge in [-0.05, 0) is 66.1 Å². The van der Waals surface area contributed by atoms with Crippen molar-refractivity contribution >= 4 is 11.3 Å². The van der Waals surface area contributed by atoms with E-state index in [4.69, 9.17) is 18.9 Å². The number of fused-ring (bicyclic) bond motifs is 1. The summed E-state index contributed by atoms with van der Waals surface area (Å²) in [6, 6.07) is 15.9. The van der Waals surface area contributed by atoms with E-state index in [1.54, 1.807) is 21.3 Å². The zero-order chi connectivity index (χ0) is 19.5. The average Bonchev–Trinajstić information content (AvgIpc) is 2.78. The zero-order valence-corrected chi connectivity index (χ0v) is 16.2. The highest BCUT2D eigenvalue weighted by Crippen LogP contribution is 2.41. The molecule has 4 heteroatoms. The summed E-state index contributed by atoms with van der Waals surface area (Å²) < 4.78 is 22.4. The number of ether oxygens (including phenoxy) is 4. The minimum atomic E-state index is 0.768. The Bertz CT molecular complexity index is 990. The molecular formula is C24H22O4. The Labute approximate surface area is 165 Å². The fourth-order valence-corrected chi connectivity index (χ4v) is 3.31. The van der Waals surface area contributed by atoms with Crippen molar-refractivity contribution in [2.24, 2.45) is 0 Å². The SMILES string of the molecule is COC1=CCC2=CC(c3ccc(OC)cc3)=C(c3ccc(OC)cc3)OC2=C1. The van der Waals surface area contributed by atoms with Gasteiger partial charge in [0, 0.05) is 17.2 Å². The minimum Gasteiger partial charge on any atom is -0.497 e. The van der Waals surface area contributed by atoms with Crippen molar-refractivity contribution < 1.29 is 18.9 Å². The molecule has 0 saturated carbocycles. The van der Waals surface area contributed by atoms with Crippen molar-refractivity contribution in [1.82, 2.24) is 0 Å². The van der Waals surface area contributed by atoms with Crippen LogP contribution in [0.1, 0.15) is 17.5 Å². The Hall–Kier alpha value is -3.40. The number of benzene rings is 2. The zero-order valence-electron chi connectivity index (χ0n) is 16.2. The van der Waals surface area contributed by atoms with Crippen LogP contribution in [0.15, 0.2) is 83.9 Å². The van der Waals surface area contributed by atoms with Crippen LogP contribution in [0.5, 0.6) is 11.5 Å². The maximum Gasteiger partial charge on any atom is 0.142 e. The first-order valence-corrected chi connectivity index (χ1v) is 9.09. The molecule has 0 spiro atoms. The normalized spacial score (nSPS) is 15.6. The van der Waals surface area contributed by atoms with Crippen LogP contribution in [0.2, 0.25) is 0 Å². The van der Waals surface area contributed by atoms with Gasteiger partial charge < -0.3 is 18.9 Å². The molecule has 4 nitrogen and oxygen atoms in total. The highest BCUT2D eigenvalue weighted by atomic mass is 16.5. The Kier molecular flexibility index (Phi) is 4.94. The fraction of sp³-hybridized carbons (Fsp3) is 0.167. The molecule has 2 aromatic rings. The molecule has 0 saturated heterocycles. The average molecular weight is 374 g/mol. The first-order valence-electron chi connectivity index (χ1n) is 9.09. The lowest BCUT2D eigenvalue weighted by atomic mass is 9.92. The van der Waals surface area contributed by atoms with Gasteiger partial charge in [0.25, 0.3) is 0 Å². The molecule has 0 fully saturated rings. The topological polar surface area (TPSA) is 36.9 Å². The second-order valence-corrected chi connectivity index (χ2v) is 6.49. The lowest BCUT2D eigenvalue weighted by Crippen LogP contribution is -2.08. The van der Waals surface area contributed by atoms with Crippen LogP contribution in [-0.2, 0) is 9.47 Å². The van der Waals surface area contributed by atoms with Gasteiger partial charge in [0.1, 0.15) is 28.8 Å². The van der Waals surface area contributed by atoms with Crippen LogP contribution < -0.4 is 9.47 Å². The third-order valence-corrected chi connectivity index (χ3v) is 4.88. The van der Waals surface area contributed by atoms with Gasteiger partial charge in [0.05, 0.1) is 21.3 Å². The second-order valence-electron chi connectivity index (χ2n) is 6.49. The summed E-state index contributed by atoms with van der Waals surface area (Å²) >= 11 is 0. The van der Waals surface area contributed by atoms with Crippen LogP contribution in [-0.4, -0.2) is 21.3 Å². The van der Waals surface area contributed by atoms with Crippen LogP contribution in [0.25, 0.3) is 11.3 Å². The van der Waals surface area contributed by atoms with Gasteiger partial charge in [-0.1, -0.05) is 12.1 Å². The van der Waals surface area contributed by atoms with Crippen LogP contribution in [0.3, 0.4) is 0 Å². The van der Waals surface area contributed by atoms with Crippen LogP contribution >= 0.6 is 0 Å². The Balaban J connectivity index is 1.82. The van der Waals surface area contributed by atoms with E-state index in [0.29, 0.717) is 0 Å². The molecule has 28 heavy (non-hydrogen) atoms. The van der Waals surface area contributed by atoms with Crippen molar-refractivity contribution in [3.8, 4) is 11.5 Å². The molecule has 142 valence electrons. The first-order chi connectivity index (χ1) is 13.7. The predicted octanol–water partition coefficient (Wildman–Crippen LogP) is 5.35. The summed E-state index contributed by atoms with van der Waals surface area (Å²) in [4.78, 5) is 0. The lowest BCUT2D eigenvalue weighted by Gasteiger charge is -2.26. The summed E-state index contributed by atoms with van der Waals surface area (Å²) in [6.07, 6.45) is 6.95.